The van der Waals surface area contributed by atoms with E-state index >= 15 is 0 Å². The first-order chi connectivity index (χ1) is 12.5. The van der Waals surface area contributed by atoms with Crippen molar-refractivity contribution in [2.75, 3.05) is 5.32 Å². The lowest BCUT2D eigenvalue weighted by molar-refractivity contribution is -0.116. The van der Waals surface area contributed by atoms with Gasteiger partial charge in [0.15, 0.2) is 0 Å². The molecule has 0 saturated carbocycles. The fourth-order valence-electron chi connectivity index (χ4n) is 2.93. The number of carbonyl (C=O) groups excluding carboxylic acids is 1. The molecule has 0 bridgehead atoms. The van der Waals surface area contributed by atoms with Crippen molar-refractivity contribution in [3.8, 4) is 0 Å². The van der Waals surface area contributed by atoms with Crippen molar-refractivity contribution in [3.63, 3.8) is 0 Å². The van der Waals surface area contributed by atoms with Crippen molar-refractivity contribution < 1.29 is 4.79 Å². The molecular weight excluding hydrogens is 390 g/mol. The van der Waals surface area contributed by atoms with E-state index in [0.717, 1.165) is 33.5 Å². The zero-order chi connectivity index (χ0) is 18.5. The van der Waals surface area contributed by atoms with Gasteiger partial charge in [0.25, 0.3) is 0 Å². The van der Waals surface area contributed by atoms with E-state index in [0.29, 0.717) is 13.0 Å². The van der Waals surface area contributed by atoms with Crippen LogP contribution in [0.25, 0.3) is 0 Å². The highest BCUT2D eigenvalue weighted by molar-refractivity contribution is 9.10. The van der Waals surface area contributed by atoms with E-state index in [9.17, 15) is 4.79 Å². The van der Waals surface area contributed by atoms with Gasteiger partial charge in [-0.05, 0) is 53.4 Å². The molecule has 5 heteroatoms. The molecule has 4 nitrogen and oxygen atoms in total. The number of nitrogens with zero attached hydrogens (tertiary/aromatic N) is 2. The SMILES string of the molecule is Cc1nn(CCC(=O)Nc2ccccc2Cc2ccccc2)c(C)c1Br. The Bertz CT molecular complexity index is 903. The maximum Gasteiger partial charge on any atom is 0.226 e. The maximum absolute atomic E-state index is 12.4. The number of hydrogen-bond acceptors (Lipinski definition) is 2. The average Bonchev–Trinajstić information content (AvgIpc) is 2.89. The molecule has 26 heavy (non-hydrogen) atoms. The Balaban J connectivity index is 1.65. The van der Waals surface area contributed by atoms with E-state index in [4.69, 9.17) is 0 Å². The molecule has 1 aromatic heterocycles. The standard InChI is InChI=1S/C21H22BrN3O/c1-15-21(22)16(2)25(24-15)13-12-20(26)23-19-11-7-6-10-18(19)14-17-8-4-3-5-9-17/h3-11H,12-14H2,1-2H3,(H,23,26). The molecule has 3 rings (SSSR count). The van der Waals surface area contributed by atoms with Crippen molar-refractivity contribution in [2.24, 2.45) is 0 Å². The number of benzene rings is 2. The number of carbonyl (C=O) groups is 1. The first-order valence-electron chi connectivity index (χ1n) is 8.66. The summed E-state index contributed by atoms with van der Waals surface area (Å²) in [6, 6.07) is 18.2. The van der Waals surface area contributed by atoms with Gasteiger partial charge in [-0.2, -0.15) is 5.10 Å². The van der Waals surface area contributed by atoms with E-state index in [1.54, 1.807) is 0 Å². The smallest absolute Gasteiger partial charge is 0.226 e. The molecule has 1 heterocycles. The summed E-state index contributed by atoms with van der Waals surface area (Å²) in [6.07, 6.45) is 1.18. The number of nitrogens with one attached hydrogen (secondary N) is 1. The van der Waals surface area contributed by atoms with Crippen molar-refractivity contribution in [1.29, 1.82) is 0 Å². The minimum Gasteiger partial charge on any atom is -0.326 e. The quantitative estimate of drug-likeness (QED) is 0.627. The molecule has 0 radical (unpaired) electrons. The fourth-order valence-corrected chi connectivity index (χ4v) is 3.21. The molecule has 0 fully saturated rings. The predicted octanol–water partition coefficient (Wildman–Crippen LogP) is 4.88. The molecule has 0 aliphatic heterocycles. The third-order valence-electron chi connectivity index (χ3n) is 4.37. The van der Waals surface area contributed by atoms with Gasteiger partial charge < -0.3 is 5.32 Å². The predicted molar refractivity (Wildman–Crippen MR) is 108 cm³/mol. The van der Waals surface area contributed by atoms with Crippen LogP contribution in [0.4, 0.5) is 5.69 Å². The lowest BCUT2D eigenvalue weighted by Crippen LogP contribution is -2.16. The summed E-state index contributed by atoms with van der Waals surface area (Å²) in [7, 11) is 0. The minimum atomic E-state index is -0.00538. The minimum absolute atomic E-state index is 0.00538. The summed E-state index contributed by atoms with van der Waals surface area (Å²) >= 11 is 3.52. The second-order valence-corrected chi connectivity index (χ2v) is 7.12. The Morgan fingerprint density at radius 1 is 1.08 bits per heavy atom. The van der Waals surface area contributed by atoms with E-state index in [-0.39, 0.29) is 5.91 Å². The Morgan fingerprint density at radius 2 is 1.77 bits per heavy atom. The van der Waals surface area contributed by atoms with E-state index in [1.165, 1.54) is 5.56 Å². The second-order valence-electron chi connectivity index (χ2n) is 6.33. The molecule has 1 N–H and O–H groups in total. The number of hydrogen-bond donors (Lipinski definition) is 1. The van der Waals surface area contributed by atoms with Crippen LogP contribution in [0.15, 0.2) is 59.1 Å². The van der Waals surface area contributed by atoms with Crippen LogP contribution in [0.1, 0.15) is 28.9 Å². The number of rotatable bonds is 6. The van der Waals surface area contributed by atoms with Crippen LogP contribution < -0.4 is 5.32 Å². The van der Waals surface area contributed by atoms with Gasteiger partial charge >= 0.3 is 0 Å². The molecule has 2 aromatic carbocycles. The van der Waals surface area contributed by atoms with Gasteiger partial charge in [-0.1, -0.05) is 48.5 Å². The largest absolute Gasteiger partial charge is 0.326 e. The van der Waals surface area contributed by atoms with Crippen molar-refractivity contribution in [2.45, 2.75) is 33.2 Å². The fraction of sp³-hybridized carbons (Fsp3) is 0.238. The van der Waals surface area contributed by atoms with Crippen molar-refractivity contribution in [1.82, 2.24) is 9.78 Å². The molecule has 134 valence electrons. The van der Waals surface area contributed by atoms with Crippen LogP contribution in [0, 0.1) is 13.8 Å². The molecule has 0 saturated heterocycles. The Labute approximate surface area is 162 Å². The summed E-state index contributed by atoms with van der Waals surface area (Å²) in [5.41, 5.74) is 5.19. The zero-order valence-corrected chi connectivity index (χ0v) is 16.6. The van der Waals surface area contributed by atoms with Crippen LogP contribution >= 0.6 is 15.9 Å². The van der Waals surface area contributed by atoms with E-state index in [2.05, 4.69) is 44.5 Å². The summed E-state index contributed by atoms with van der Waals surface area (Å²) < 4.78 is 2.88. The molecule has 0 unspecified atom stereocenters. The van der Waals surface area contributed by atoms with Crippen molar-refractivity contribution >= 4 is 27.5 Å². The summed E-state index contributed by atoms with van der Waals surface area (Å²) in [6.45, 7) is 4.51. The van der Waals surface area contributed by atoms with Gasteiger partial charge in [-0.3, -0.25) is 9.48 Å². The first-order valence-corrected chi connectivity index (χ1v) is 9.45. The van der Waals surface area contributed by atoms with Crippen LogP contribution in [-0.4, -0.2) is 15.7 Å². The Morgan fingerprint density at radius 3 is 2.46 bits per heavy atom. The van der Waals surface area contributed by atoms with Crippen LogP contribution in [0.3, 0.4) is 0 Å². The number of aromatic nitrogens is 2. The third-order valence-corrected chi connectivity index (χ3v) is 5.52. The lowest BCUT2D eigenvalue weighted by atomic mass is 10.0. The summed E-state index contributed by atoms with van der Waals surface area (Å²) in [5, 5.41) is 7.50. The number of halogens is 1. The van der Waals surface area contributed by atoms with Gasteiger partial charge in [-0.25, -0.2) is 0 Å². The number of amides is 1. The lowest BCUT2D eigenvalue weighted by Gasteiger charge is -2.12. The van der Waals surface area contributed by atoms with E-state index in [1.807, 2.05) is 54.9 Å². The molecule has 0 aliphatic carbocycles. The third kappa shape index (κ3) is 4.41. The average molecular weight is 412 g/mol. The van der Waals surface area contributed by atoms with Crippen LogP contribution in [0.5, 0.6) is 0 Å². The number of aryl methyl sites for hydroxylation is 2. The van der Waals surface area contributed by atoms with Gasteiger partial charge in [0.1, 0.15) is 0 Å². The Kier molecular flexibility index (Phi) is 5.89. The maximum atomic E-state index is 12.4. The Hall–Kier alpha value is -2.40. The molecular formula is C21H22BrN3O. The topological polar surface area (TPSA) is 46.9 Å². The highest BCUT2D eigenvalue weighted by Gasteiger charge is 2.11. The molecule has 3 aromatic rings. The first kappa shape index (κ1) is 18.4. The zero-order valence-electron chi connectivity index (χ0n) is 15.0. The number of para-hydroxylation sites is 1. The number of anilines is 1. The van der Waals surface area contributed by atoms with E-state index < -0.39 is 0 Å². The molecule has 0 atom stereocenters. The monoisotopic (exact) mass is 411 g/mol. The van der Waals surface area contributed by atoms with Gasteiger partial charge in [0, 0.05) is 17.8 Å². The van der Waals surface area contributed by atoms with Crippen molar-refractivity contribution in [3.05, 3.63) is 81.6 Å². The second kappa shape index (κ2) is 8.32. The summed E-state index contributed by atoms with van der Waals surface area (Å²) in [5.74, 6) is -0.00538. The molecule has 1 amide bonds. The molecule has 0 aliphatic rings. The van der Waals surface area contributed by atoms with Gasteiger partial charge in [0.2, 0.25) is 5.91 Å². The van der Waals surface area contributed by atoms with Crippen LogP contribution in [0.2, 0.25) is 0 Å². The van der Waals surface area contributed by atoms with Crippen LogP contribution in [-0.2, 0) is 17.8 Å². The van der Waals surface area contributed by atoms with Gasteiger partial charge in [-0.15, -0.1) is 0 Å². The highest BCUT2D eigenvalue weighted by atomic mass is 79.9. The van der Waals surface area contributed by atoms with Gasteiger partial charge in [0.05, 0.1) is 16.7 Å². The highest BCUT2D eigenvalue weighted by Crippen LogP contribution is 2.21. The molecule has 0 spiro atoms. The summed E-state index contributed by atoms with van der Waals surface area (Å²) in [4.78, 5) is 12.4. The normalized spacial score (nSPS) is 10.7.